The lowest BCUT2D eigenvalue weighted by Crippen LogP contribution is -2.29. The molecule has 0 aliphatic heterocycles. The van der Waals surface area contributed by atoms with Crippen molar-refractivity contribution in [3.05, 3.63) is 0 Å². The van der Waals surface area contributed by atoms with Crippen LogP contribution in [0.4, 0.5) is 0 Å². The van der Waals surface area contributed by atoms with Gasteiger partial charge in [0.15, 0.2) is 0 Å². The van der Waals surface area contributed by atoms with Gasteiger partial charge in [0.1, 0.15) is 0 Å². The maximum absolute atomic E-state index is 2.60. The number of nitrogens with zero attached hydrogens (tertiary/aromatic N) is 1. The van der Waals surface area contributed by atoms with E-state index in [-0.39, 0.29) is 0 Å². The Labute approximate surface area is 78.1 Å². The fraction of sp³-hybridized carbons (Fsp3) is 1.00. The van der Waals surface area contributed by atoms with Crippen LogP contribution in [0.2, 0.25) is 0 Å². The van der Waals surface area contributed by atoms with Gasteiger partial charge < -0.3 is 4.90 Å². The average Bonchev–Trinajstić information content (AvgIpc) is 2.86. The standard InChI is InChI=1S/C9H19N.C2H6/c1-4-10(7-8(2)3)9-5-6-9;1-2/h8-9H,4-7H2,1-3H3;1-2H3. The first-order valence-electron chi connectivity index (χ1n) is 5.48. The van der Waals surface area contributed by atoms with E-state index in [1.165, 1.54) is 25.9 Å². The highest BCUT2D eigenvalue weighted by Gasteiger charge is 2.27. The van der Waals surface area contributed by atoms with Crippen LogP contribution in [0.15, 0.2) is 0 Å². The lowest BCUT2D eigenvalue weighted by atomic mass is 10.2. The Kier molecular flexibility index (Phi) is 6.45. The van der Waals surface area contributed by atoms with Crippen LogP contribution >= 0.6 is 0 Å². The van der Waals surface area contributed by atoms with Gasteiger partial charge in [-0.1, -0.05) is 34.6 Å². The van der Waals surface area contributed by atoms with Gasteiger partial charge >= 0.3 is 0 Å². The lowest BCUT2D eigenvalue weighted by Gasteiger charge is -2.21. The van der Waals surface area contributed by atoms with Gasteiger partial charge in [-0.05, 0) is 25.3 Å². The molecule has 0 atom stereocenters. The summed E-state index contributed by atoms with van der Waals surface area (Å²) in [6.45, 7) is 13.4. The minimum atomic E-state index is 0.834. The first kappa shape index (κ1) is 12.0. The van der Waals surface area contributed by atoms with Crippen LogP contribution < -0.4 is 0 Å². The molecule has 0 amide bonds. The summed E-state index contributed by atoms with van der Waals surface area (Å²) in [6, 6.07) is 0.951. The summed E-state index contributed by atoms with van der Waals surface area (Å²) in [5.74, 6) is 0.834. The zero-order valence-electron chi connectivity index (χ0n) is 9.43. The van der Waals surface area contributed by atoms with Crippen molar-refractivity contribution in [3.8, 4) is 0 Å². The Morgan fingerprint density at radius 1 is 1.25 bits per heavy atom. The predicted octanol–water partition coefficient (Wildman–Crippen LogP) is 3.15. The summed E-state index contributed by atoms with van der Waals surface area (Å²) in [7, 11) is 0. The van der Waals surface area contributed by atoms with E-state index >= 15 is 0 Å². The minimum Gasteiger partial charge on any atom is -0.300 e. The van der Waals surface area contributed by atoms with E-state index in [4.69, 9.17) is 0 Å². The first-order chi connectivity index (χ1) is 5.74. The molecule has 1 fully saturated rings. The number of hydrogen-bond donors (Lipinski definition) is 0. The van der Waals surface area contributed by atoms with Gasteiger partial charge in [0.2, 0.25) is 0 Å². The Morgan fingerprint density at radius 2 is 1.75 bits per heavy atom. The van der Waals surface area contributed by atoms with Crippen molar-refractivity contribution in [2.75, 3.05) is 13.1 Å². The van der Waals surface area contributed by atoms with Gasteiger partial charge in [-0.3, -0.25) is 0 Å². The molecule has 0 N–H and O–H groups in total. The molecule has 0 heterocycles. The van der Waals surface area contributed by atoms with Crippen LogP contribution in [-0.4, -0.2) is 24.0 Å². The van der Waals surface area contributed by atoms with E-state index in [1.54, 1.807) is 0 Å². The number of rotatable bonds is 4. The van der Waals surface area contributed by atoms with Crippen LogP contribution in [0.5, 0.6) is 0 Å². The quantitative estimate of drug-likeness (QED) is 0.628. The second-order valence-corrected chi connectivity index (χ2v) is 3.71. The molecule has 1 saturated carbocycles. The van der Waals surface area contributed by atoms with E-state index in [2.05, 4.69) is 25.7 Å². The molecule has 0 aromatic heterocycles. The molecule has 0 bridgehead atoms. The molecule has 0 saturated heterocycles. The second-order valence-electron chi connectivity index (χ2n) is 3.71. The molecule has 0 aromatic rings. The largest absolute Gasteiger partial charge is 0.300 e. The van der Waals surface area contributed by atoms with Gasteiger partial charge in [-0.15, -0.1) is 0 Å². The molecular formula is C11H25N. The summed E-state index contributed by atoms with van der Waals surface area (Å²) in [5, 5.41) is 0. The van der Waals surface area contributed by atoms with Gasteiger partial charge in [0.25, 0.3) is 0 Å². The third kappa shape index (κ3) is 4.76. The van der Waals surface area contributed by atoms with Crippen LogP contribution in [0, 0.1) is 5.92 Å². The molecule has 1 rings (SSSR count). The molecular weight excluding hydrogens is 146 g/mol. The van der Waals surface area contributed by atoms with Gasteiger partial charge in [-0.2, -0.15) is 0 Å². The minimum absolute atomic E-state index is 0.834. The van der Waals surface area contributed by atoms with Crippen molar-refractivity contribution in [2.24, 2.45) is 5.92 Å². The van der Waals surface area contributed by atoms with Gasteiger partial charge in [0.05, 0.1) is 0 Å². The van der Waals surface area contributed by atoms with Gasteiger partial charge in [-0.25, -0.2) is 0 Å². The van der Waals surface area contributed by atoms with Crippen LogP contribution in [0.3, 0.4) is 0 Å². The molecule has 0 spiro atoms. The zero-order valence-corrected chi connectivity index (χ0v) is 9.43. The normalized spacial score (nSPS) is 16.2. The Morgan fingerprint density at radius 3 is 2.00 bits per heavy atom. The monoisotopic (exact) mass is 171 g/mol. The van der Waals surface area contributed by atoms with Crippen LogP contribution in [0.25, 0.3) is 0 Å². The smallest absolute Gasteiger partial charge is 0.00964 e. The van der Waals surface area contributed by atoms with Gasteiger partial charge in [0, 0.05) is 12.6 Å². The highest BCUT2D eigenvalue weighted by atomic mass is 15.2. The van der Waals surface area contributed by atoms with Crippen molar-refractivity contribution in [2.45, 2.75) is 53.5 Å². The molecule has 1 aliphatic rings. The van der Waals surface area contributed by atoms with E-state index < -0.39 is 0 Å². The molecule has 0 radical (unpaired) electrons. The predicted molar refractivity (Wildman–Crippen MR) is 56.5 cm³/mol. The summed E-state index contributed by atoms with van der Waals surface area (Å²) < 4.78 is 0. The highest BCUT2D eigenvalue weighted by Crippen LogP contribution is 2.26. The van der Waals surface area contributed by atoms with Crippen LogP contribution in [-0.2, 0) is 0 Å². The maximum Gasteiger partial charge on any atom is 0.00964 e. The lowest BCUT2D eigenvalue weighted by molar-refractivity contribution is 0.246. The Balaban J connectivity index is 0.000000561. The molecule has 74 valence electrons. The molecule has 1 heteroatoms. The molecule has 0 unspecified atom stereocenters. The van der Waals surface area contributed by atoms with E-state index in [0.717, 1.165) is 12.0 Å². The Hall–Kier alpha value is -0.0400. The fourth-order valence-corrected chi connectivity index (χ4v) is 1.45. The first-order valence-corrected chi connectivity index (χ1v) is 5.48. The third-order valence-corrected chi connectivity index (χ3v) is 2.07. The van der Waals surface area contributed by atoms with E-state index in [9.17, 15) is 0 Å². The fourth-order valence-electron chi connectivity index (χ4n) is 1.45. The number of hydrogen-bond acceptors (Lipinski definition) is 1. The topological polar surface area (TPSA) is 3.24 Å². The molecule has 0 aromatic carbocycles. The highest BCUT2D eigenvalue weighted by molar-refractivity contribution is 4.83. The van der Waals surface area contributed by atoms with E-state index in [0.29, 0.717) is 0 Å². The van der Waals surface area contributed by atoms with Crippen molar-refractivity contribution in [1.29, 1.82) is 0 Å². The van der Waals surface area contributed by atoms with Crippen molar-refractivity contribution in [3.63, 3.8) is 0 Å². The Bertz CT molecular complexity index is 95.2. The van der Waals surface area contributed by atoms with Crippen LogP contribution in [0.1, 0.15) is 47.5 Å². The third-order valence-electron chi connectivity index (χ3n) is 2.07. The summed E-state index contributed by atoms with van der Waals surface area (Å²) >= 11 is 0. The molecule has 12 heavy (non-hydrogen) atoms. The average molecular weight is 171 g/mol. The SMILES string of the molecule is CC.CCN(CC(C)C)C1CC1. The van der Waals surface area contributed by atoms with E-state index in [1.807, 2.05) is 13.8 Å². The zero-order chi connectivity index (χ0) is 9.56. The van der Waals surface area contributed by atoms with Crippen molar-refractivity contribution < 1.29 is 0 Å². The summed E-state index contributed by atoms with van der Waals surface area (Å²) in [4.78, 5) is 2.60. The molecule has 1 aliphatic carbocycles. The van der Waals surface area contributed by atoms with Crippen molar-refractivity contribution >= 4 is 0 Å². The maximum atomic E-state index is 2.60. The summed E-state index contributed by atoms with van der Waals surface area (Å²) in [5.41, 5.74) is 0. The van der Waals surface area contributed by atoms with Crippen molar-refractivity contribution in [1.82, 2.24) is 4.90 Å². The summed E-state index contributed by atoms with van der Waals surface area (Å²) in [6.07, 6.45) is 2.89. The molecule has 1 nitrogen and oxygen atoms in total. The second kappa shape index (κ2) is 6.47.